The second-order valence-corrected chi connectivity index (χ2v) is 6.03. The fourth-order valence-electron chi connectivity index (χ4n) is 3.04. The van der Waals surface area contributed by atoms with Gasteiger partial charge < -0.3 is 14.7 Å². The van der Waals surface area contributed by atoms with Crippen molar-refractivity contribution in [2.24, 2.45) is 0 Å². The summed E-state index contributed by atoms with van der Waals surface area (Å²) in [4.78, 5) is 11.2. The van der Waals surface area contributed by atoms with Crippen molar-refractivity contribution in [3.63, 3.8) is 0 Å². The Labute approximate surface area is 137 Å². The number of β-amino-alcohol motifs (C(OH)–C–C–N with tert-alkyl or cyclic N) is 1. The highest BCUT2D eigenvalue weighted by Crippen LogP contribution is 2.32. The SMILES string of the molecule is Cc1ccc(Oc2nccnc2C2CCCN(CCO)C2)cc1. The number of aromatic nitrogens is 2. The molecular formula is C18H23N3O2. The van der Waals surface area contributed by atoms with Crippen LogP contribution in [-0.4, -0.2) is 46.2 Å². The van der Waals surface area contributed by atoms with Gasteiger partial charge in [-0.2, -0.15) is 0 Å². The Hall–Kier alpha value is -1.98. The van der Waals surface area contributed by atoms with Gasteiger partial charge in [-0.05, 0) is 38.4 Å². The molecule has 1 aliphatic heterocycles. The Morgan fingerprint density at radius 2 is 2.00 bits per heavy atom. The molecule has 0 saturated carbocycles. The maximum Gasteiger partial charge on any atom is 0.241 e. The van der Waals surface area contributed by atoms with Crippen molar-refractivity contribution in [1.29, 1.82) is 0 Å². The molecule has 1 aromatic carbocycles. The molecular weight excluding hydrogens is 290 g/mol. The van der Waals surface area contributed by atoms with Gasteiger partial charge in [-0.15, -0.1) is 0 Å². The number of benzene rings is 1. The first-order valence-electron chi connectivity index (χ1n) is 8.15. The van der Waals surface area contributed by atoms with E-state index in [2.05, 4.69) is 21.8 Å². The number of ether oxygens (including phenoxy) is 1. The summed E-state index contributed by atoms with van der Waals surface area (Å²) in [5, 5.41) is 9.15. The van der Waals surface area contributed by atoms with Gasteiger partial charge in [0.25, 0.3) is 0 Å². The fraction of sp³-hybridized carbons (Fsp3) is 0.444. The monoisotopic (exact) mass is 313 g/mol. The summed E-state index contributed by atoms with van der Waals surface area (Å²) in [6.45, 7) is 4.88. The van der Waals surface area contributed by atoms with Crippen molar-refractivity contribution < 1.29 is 9.84 Å². The molecule has 3 rings (SSSR count). The molecule has 1 saturated heterocycles. The van der Waals surface area contributed by atoms with Crippen LogP contribution in [0.4, 0.5) is 0 Å². The van der Waals surface area contributed by atoms with E-state index in [9.17, 15) is 0 Å². The van der Waals surface area contributed by atoms with Crippen LogP contribution in [0.5, 0.6) is 11.6 Å². The number of likely N-dealkylation sites (tertiary alicyclic amines) is 1. The third-order valence-electron chi connectivity index (χ3n) is 4.24. The van der Waals surface area contributed by atoms with Crippen LogP contribution in [0.3, 0.4) is 0 Å². The van der Waals surface area contributed by atoms with Gasteiger partial charge in [-0.1, -0.05) is 17.7 Å². The Morgan fingerprint density at radius 1 is 1.22 bits per heavy atom. The Balaban J connectivity index is 1.78. The van der Waals surface area contributed by atoms with Crippen LogP contribution in [0, 0.1) is 6.92 Å². The van der Waals surface area contributed by atoms with Gasteiger partial charge in [0.05, 0.1) is 6.61 Å². The Morgan fingerprint density at radius 3 is 2.78 bits per heavy atom. The van der Waals surface area contributed by atoms with E-state index >= 15 is 0 Å². The first kappa shape index (κ1) is 15.9. The summed E-state index contributed by atoms with van der Waals surface area (Å²) in [5.74, 6) is 1.66. The number of aryl methyl sites for hydroxylation is 1. The van der Waals surface area contributed by atoms with Crippen LogP contribution in [0.25, 0.3) is 0 Å². The maximum absolute atomic E-state index is 9.15. The fourth-order valence-corrected chi connectivity index (χ4v) is 3.04. The molecule has 2 heterocycles. The molecule has 122 valence electrons. The van der Waals surface area contributed by atoms with Crippen LogP contribution < -0.4 is 4.74 Å². The second-order valence-electron chi connectivity index (χ2n) is 6.03. The minimum absolute atomic E-state index is 0.194. The number of nitrogens with zero attached hydrogens (tertiary/aromatic N) is 3. The highest BCUT2D eigenvalue weighted by molar-refractivity contribution is 5.32. The normalized spacial score (nSPS) is 18.8. The summed E-state index contributed by atoms with van der Waals surface area (Å²) in [6, 6.07) is 7.95. The molecule has 1 aliphatic rings. The summed E-state index contributed by atoms with van der Waals surface area (Å²) in [6.07, 6.45) is 5.57. The van der Waals surface area contributed by atoms with Gasteiger partial charge >= 0.3 is 0 Å². The minimum atomic E-state index is 0.194. The van der Waals surface area contributed by atoms with E-state index in [1.165, 1.54) is 5.56 Å². The van der Waals surface area contributed by atoms with Crippen molar-refractivity contribution in [3.05, 3.63) is 47.9 Å². The number of aliphatic hydroxyl groups excluding tert-OH is 1. The Kier molecular flexibility index (Phi) is 5.20. The second kappa shape index (κ2) is 7.53. The van der Waals surface area contributed by atoms with Crippen LogP contribution in [0.1, 0.15) is 30.0 Å². The number of piperidine rings is 1. The maximum atomic E-state index is 9.15. The van der Waals surface area contributed by atoms with E-state index in [0.29, 0.717) is 18.3 Å². The highest BCUT2D eigenvalue weighted by Gasteiger charge is 2.25. The molecule has 0 spiro atoms. The molecule has 0 bridgehead atoms. The van der Waals surface area contributed by atoms with Crippen molar-refractivity contribution in [1.82, 2.24) is 14.9 Å². The van der Waals surface area contributed by atoms with Crippen molar-refractivity contribution in [2.45, 2.75) is 25.7 Å². The summed E-state index contributed by atoms with van der Waals surface area (Å²) in [5.41, 5.74) is 2.11. The molecule has 5 heteroatoms. The zero-order chi connectivity index (χ0) is 16.1. The summed E-state index contributed by atoms with van der Waals surface area (Å²) >= 11 is 0. The van der Waals surface area contributed by atoms with Crippen LogP contribution in [0.15, 0.2) is 36.7 Å². The summed E-state index contributed by atoms with van der Waals surface area (Å²) in [7, 11) is 0. The van der Waals surface area contributed by atoms with Crippen LogP contribution >= 0.6 is 0 Å². The van der Waals surface area contributed by atoms with Crippen molar-refractivity contribution >= 4 is 0 Å². The lowest BCUT2D eigenvalue weighted by atomic mass is 9.94. The zero-order valence-electron chi connectivity index (χ0n) is 13.5. The molecule has 0 radical (unpaired) electrons. The highest BCUT2D eigenvalue weighted by atomic mass is 16.5. The molecule has 5 nitrogen and oxygen atoms in total. The predicted molar refractivity (Wildman–Crippen MR) is 88.8 cm³/mol. The quantitative estimate of drug-likeness (QED) is 0.920. The molecule has 1 N–H and O–H groups in total. The summed E-state index contributed by atoms with van der Waals surface area (Å²) < 4.78 is 5.97. The van der Waals surface area contributed by atoms with Gasteiger partial charge in [0.1, 0.15) is 11.4 Å². The molecule has 1 unspecified atom stereocenters. The average Bonchev–Trinajstić information content (AvgIpc) is 2.58. The van der Waals surface area contributed by atoms with Gasteiger partial charge in [0.15, 0.2) is 0 Å². The molecule has 1 aromatic heterocycles. The topological polar surface area (TPSA) is 58.5 Å². The largest absolute Gasteiger partial charge is 0.437 e. The van der Waals surface area contributed by atoms with E-state index in [1.54, 1.807) is 12.4 Å². The molecule has 2 aromatic rings. The molecule has 1 atom stereocenters. The smallest absolute Gasteiger partial charge is 0.241 e. The standard InChI is InChI=1S/C18H23N3O2/c1-14-4-6-16(7-5-14)23-18-17(19-8-9-20-18)15-3-2-10-21(13-15)11-12-22/h4-9,15,22H,2-3,10-13H2,1H3. The lowest BCUT2D eigenvalue weighted by molar-refractivity contribution is 0.159. The Bertz CT molecular complexity index is 628. The van der Waals surface area contributed by atoms with Crippen LogP contribution in [-0.2, 0) is 0 Å². The van der Waals surface area contributed by atoms with E-state index in [0.717, 1.165) is 37.4 Å². The number of hydrogen-bond donors (Lipinski definition) is 1. The number of rotatable bonds is 5. The van der Waals surface area contributed by atoms with Crippen LogP contribution in [0.2, 0.25) is 0 Å². The molecule has 0 aliphatic carbocycles. The first-order chi connectivity index (χ1) is 11.3. The minimum Gasteiger partial charge on any atom is -0.437 e. The third kappa shape index (κ3) is 4.06. The average molecular weight is 313 g/mol. The number of hydrogen-bond acceptors (Lipinski definition) is 5. The lowest BCUT2D eigenvalue weighted by Crippen LogP contribution is -2.36. The van der Waals surface area contributed by atoms with E-state index < -0.39 is 0 Å². The third-order valence-corrected chi connectivity index (χ3v) is 4.24. The van der Waals surface area contributed by atoms with Gasteiger partial charge in [0, 0.05) is 31.4 Å². The van der Waals surface area contributed by atoms with E-state index in [-0.39, 0.29) is 6.61 Å². The zero-order valence-corrected chi connectivity index (χ0v) is 13.5. The first-order valence-corrected chi connectivity index (χ1v) is 8.15. The van der Waals surface area contributed by atoms with Gasteiger partial charge in [-0.25, -0.2) is 4.98 Å². The van der Waals surface area contributed by atoms with Crippen molar-refractivity contribution in [2.75, 3.05) is 26.2 Å². The van der Waals surface area contributed by atoms with Gasteiger partial charge in [-0.3, -0.25) is 4.98 Å². The van der Waals surface area contributed by atoms with Gasteiger partial charge in [0.2, 0.25) is 5.88 Å². The lowest BCUT2D eigenvalue weighted by Gasteiger charge is -2.32. The van der Waals surface area contributed by atoms with E-state index in [4.69, 9.17) is 9.84 Å². The molecule has 1 fully saturated rings. The molecule has 23 heavy (non-hydrogen) atoms. The predicted octanol–water partition coefficient (Wildman–Crippen LogP) is 2.75. The van der Waals surface area contributed by atoms with E-state index in [1.807, 2.05) is 24.3 Å². The van der Waals surface area contributed by atoms with Crippen molar-refractivity contribution in [3.8, 4) is 11.6 Å². The number of aliphatic hydroxyl groups is 1. The molecule has 0 amide bonds.